The molecule has 0 saturated heterocycles. The Balaban J connectivity index is 1.09. The average molecular weight is 765 g/mol. The second kappa shape index (κ2) is 13.8. The van der Waals surface area contributed by atoms with Gasteiger partial charge in [-0.1, -0.05) is 140 Å². The van der Waals surface area contributed by atoms with E-state index >= 15 is 0 Å². The van der Waals surface area contributed by atoms with Gasteiger partial charge in [0.1, 0.15) is 5.58 Å². The van der Waals surface area contributed by atoms with Crippen LogP contribution in [0.4, 0.5) is 11.4 Å². The number of benzene rings is 6. The molecule has 6 heteroatoms. The van der Waals surface area contributed by atoms with E-state index in [0.29, 0.717) is 23.0 Å². The van der Waals surface area contributed by atoms with Crippen LogP contribution in [-0.2, 0) is 0 Å². The highest BCUT2D eigenvalue weighted by Crippen LogP contribution is 2.52. The van der Waals surface area contributed by atoms with Crippen LogP contribution in [0.15, 0.2) is 187 Å². The van der Waals surface area contributed by atoms with Crippen molar-refractivity contribution in [2.75, 3.05) is 4.90 Å². The van der Waals surface area contributed by atoms with E-state index in [2.05, 4.69) is 163 Å². The van der Waals surface area contributed by atoms with E-state index in [1.165, 1.54) is 25.7 Å². The predicted octanol–water partition coefficient (Wildman–Crippen LogP) is 13.9. The quantitative estimate of drug-likeness (QED) is 0.151. The summed E-state index contributed by atoms with van der Waals surface area (Å²) in [4.78, 5) is 17.9. The van der Waals surface area contributed by atoms with Crippen LogP contribution in [0.25, 0.3) is 76.0 Å². The van der Waals surface area contributed by atoms with Crippen LogP contribution >= 0.6 is 11.3 Å². The maximum atomic E-state index is 7.09. The molecule has 2 aliphatic rings. The number of thiophene rings is 1. The molecule has 2 atom stereocenters. The molecule has 0 spiro atoms. The lowest BCUT2D eigenvalue weighted by Gasteiger charge is -2.28. The Morgan fingerprint density at radius 3 is 2.28 bits per heavy atom. The zero-order valence-electron chi connectivity index (χ0n) is 31.7. The number of rotatable bonds is 7. The monoisotopic (exact) mass is 764 g/mol. The van der Waals surface area contributed by atoms with Crippen molar-refractivity contribution in [3.05, 3.63) is 200 Å². The molecule has 0 N–H and O–H groups in total. The summed E-state index contributed by atoms with van der Waals surface area (Å²) in [6, 6.07) is 46.9. The fraction of sp³-hybridized carbons (Fsp3) is 0.0577. The summed E-state index contributed by atoms with van der Waals surface area (Å²) in [5.74, 6) is 1.82. The van der Waals surface area contributed by atoms with Crippen molar-refractivity contribution >= 4 is 76.0 Å². The molecular formula is C52H36N4OS. The molecule has 1 aliphatic carbocycles. The van der Waals surface area contributed by atoms with Gasteiger partial charge in [0, 0.05) is 53.7 Å². The minimum atomic E-state index is 0.149. The number of fused-ring (bicyclic) bond motifs is 10. The first kappa shape index (κ1) is 34.1. The van der Waals surface area contributed by atoms with E-state index in [9.17, 15) is 0 Å². The van der Waals surface area contributed by atoms with Gasteiger partial charge in [0.05, 0.1) is 17.3 Å². The Labute approximate surface area is 340 Å². The third-order valence-corrected chi connectivity index (χ3v) is 12.5. The van der Waals surface area contributed by atoms with Gasteiger partial charge in [-0.2, -0.15) is 0 Å². The van der Waals surface area contributed by atoms with Crippen molar-refractivity contribution < 1.29 is 4.42 Å². The zero-order chi connectivity index (χ0) is 38.7. The SMILES string of the molecule is C=C(/C=C\C(=C/C)c1ccccc1)c1nc(-c2ccc3sc4ccccc4c3c2)nc(-c2cccc3c2oc2c4c(ccc23)C2C=CC=CC2N4c2ccccc2)n1. The first-order valence-corrected chi connectivity index (χ1v) is 20.4. The first-order chi connectivity index (χ1) is 28.6. The molecule has 2 unspecified atom stereocenters. The van der Waals surface area contributed by atoms with Gasteiger partial charge in [-0.3, -0.25) is 0 Å². The number of para-hydroxylation sites is 2. The lowest BCUT2D eigenvalue weighted by atomic mass is 9.91. The number of aromatic nitrogens is 3. The Kier molecular flexibility index (Phi) is 8.12. The van der Waals surface area contributed by atoms with Crippen LogP contribution in [0.3, 0.4) is 0 Å². The molecule has 58 heavy (non-hydrogen) atoms. The molecule has 4 heterocycles. The minimum Gasteiger partial charge on any atom is -0.453 e. The maximum Gasteiger partial charge on any atom is 0.167 e. The molecule has 3 aromatic heterocycles. The van der Waals surface area contributed by atoms with Crippen LogP contribution in [0.2, 0.25) is 0 Å². The summed E-state index contributed by atoms with van der Waals surface area (Å²) < 4.78 is 9.57. The van der Waals surface area contributed by atoms with E-state index in [0.717, 1.165) is 55.6 Å². The van der Waals surface area contributed by atoms with Gasteiger partial charge >= 0.3 is 0 Å². The Morgan fingerprint density at radius 1 is 0.672 bits per heavy atom. The third-order valence-electron chi connectivity index (χ3n) is 11.4. The van der Waals surface area contributed by atoms with Gasteiger partial charge in [-0.25, -0.2) is 15.0 Å². The van der Waals surface area contributed by atoms with Crippen LogP contribution < -0.4 is 4.90 Å². The van der Waals surface area contributed by atoms with E-state index in [4.69, 9.17) is 19.4 Å². The zero-order valence-corrected chi connectivity index (χ0v) is 32.5. The van der Waals surface area contributed by atoms with E-state index in [-0.39, 0.29) is 12.0 Å². The van der Waals surface area contributed by atoms with Crippen molar-refractivity contribution in [3.8, 4) is 22.8 Å². The highest BCUT2D eigenvalue weighted by atomic mass is 32.1. The second-order valence-electron chi connectivity index (χ2n) is 14.7. The molecule has 5 nitrogen and oxygen atoms in total. The predicted molar refractivity (Wildman–Crippen MR) is 243 cm³/mol. The smallest absolute Gasteiger partial charge is 0.167 e. The molecule has 0 saturated carbocycles. The number of hydrogen-bond acceptors (Lipinski definition) is 6. The lowest BCUT2D eigenvalue weighted by molar-refractivity contribution is 0.668. The molecule has 6 aromatic carbocycles. The second-order valence-corrected chi connectivity index (χ2v) is 15.8. The third kappa shape index (κ3) is 5.56. The number of furan rings is 1. The number of nitrogens with zero attached hydrogens (tertiary/aromatic N) is 4. The molecule has 0 radical (unpaired) electrons. The van der Waals surface area contributed by atoms with Crippen molar-refractivity contribution in [1.29, 1.82) is 0 Å². The molecule has 1 aliphatic heterocycles. The first-order valence-electron chi connectivity index (χ1n) is 19.6. The van der Waals surface area contributed by atoms with Gasteiger partial charge < -0.3 is 9.32 Å². The van der Waals surface area contributed by atoms with Crippen molar-refractivity contribution in [2.45, 2.75) is 18.9 Å². The van der Waals surface area contributed by atoms with Crippen molar-refractivity contribution in [2.24, 2.45) is 0 Å². The normalized spacial score (nSPS) is 16.3. The topological polar surface area (TPSA) is 55.1 Å². The Hall–Kier alpha value is -7.15. The summed E-state index contributed by atoms with van der Waals surface area (Å²) in [5, 5.41) is 4.47. The van der Waals surface area contributed by atoms with Crippen LogP contribution in [0, 0.1) is 0 Å². The van der Waals surface area contributed by atoms with Gasteiger partial charge in [-0.15, -0.1) is 11.3 Å². The molecule has 0 fully saturated rings. The van der Waals surface area contributed by atoms with Gasteiger partial charge in [0.25, 0.3) is 0 Å². The molecule has 0 amide bonds. The summed E-state index contributed by atoms with van der Waals surface area (Å²) in [5.41, 5.74) is 9.68. The number of allylic oxidation sites excluding steroid dienone is 7. The van der Waals surface area contributed by atoms with Crippen molar-refractivity contribution in [3.63, 3.8) is 0 Å². The minimum absolute atomic E-state index is 0.149. The van der Waals surface area contributed by atoms with Gasteiger partial charge in [0.15, 0.2) is 23.1 Å². The molecule has 0 bridgehead atoms. The Bertz CT molecular complexity index is 3220. The average Bonchev–Trinajstić information content (AvgIpc) is 3.96. The molecule has 9 aromatic rings. The van der Waals surface area contributed by atoms with E-state index < -0.39 is 0 Å². The van der Waals surface area contributed by atoms with Crippen molar-refractivity contribution in [1.82, 2.24) is 15.0 Å². The van der Waals surface area contributed by atoms with Crippen LogP contribution in [-0.4, -0.2) is 21.0 Å². The highest BCUT2D eigenvalue weighted by molar-refractivity contribution is 7.25. The fourth-order valence-electron chi connectivity index (χ4n) is 8.61. The largest absolute Gasteiger partial charge is 0.453 e. The summed E-state index contributed by atoms with van der Waals surface area (Å²) >= 11 is 1.79. The van der Waals surface area contributed by atoms with Gasteiger partial charge in [0.2, 0.25) is 0 Å². The standard InChI is InChI=1S/C52H36N4OS/c1-3-33(34-15-6-4-7-16-34)26-25-32(2)50-53-51(35-27-30-46-43(31-35)38-20-11-13-24-45(38)58-46)55-52(54-50)42-22-14-21-40-41-29-28-39-37-19-10-12-23-44(37)56(36-17-8-5-9-18-36)47(39)49(41)57-48(40)42/h3-31,37,44H,2H2,1H3/b26-25-,33-3+. The number of hydrogen-bond donors (Lipinski definition) is 0. The molecular weight excluding hydrogens is 729 g/mol. The fourth-order valence-corrected chi connectivity index (χ4v) is 9.70. The van der Waals surface area contributed by atoms with Gasteiger partial charge in [-0.05, 0) is 66.1 Å². The number of anilines is 2. The van der Waals surface area contributed by atoms with E-state index in [1.54, 1.807) is 11.3 Å². The lowest BCUT2D eigenvalue weighted by Crippen LogP contribution is -2.28. The highest BCUT2D eigenvalue weighted by Gasteiger charge is 2.40. The van der Waals surface area contributed by atoms with Crippen LogP contribution in [0.5, 0.6) is 0 Å². The summed E-state index contributed by atoms with van der Waals surface area (Å²) in [6.07, 6.45) is 15.1. The summed E-state index contributed by atoms with van der Waals surface area (Å²) in [6.45, 7) is 6.53. The van der Waals surface area contributed by atoms with E-state index in [1.807, 2.05) is 31.2 Å². The maximum absolute atomic E-state index is 7.09. The molecule has 276 valence electrons. The Morgan fingerprint density at radius 2 is 1.41 bits per heavy atom. The molecule has 11 rings (SSSR count). The van der Waals surface area contributed by atoms with Crippen LogP contribution in [0.1, 0.15) is 29.8 Å². The summed E-state index contributed by atoms with van der Waals surface area (Å²) in [7, 11) is 0.